The molecule has 0 amide bonds. The number of aliphatic hydroxyl groups excluding tert-OH is 3. The zero-order valence-electron chi connectivity index (χ0n) is 15.8. The van der Waals surface area contributed by atoms with Gasteiger partial charge in [0.15, 0.2) is 0 Å². The molecule has 144 valence electrons. The van der Waals surface area contributed by atoms with E-state index in [1.165, 1.54) is 12.8 Å². The Hall–Kier alpha value is -0.160. The van der Waals surface area contributed by atoms with Gasteiger partial charge in [0.2, 0.25) is 0 Å². The normalized spacial score (nSPS) is 56.6. The van der Waals surface area contributed by atoms with Crippen LogP contribution >= 0.6 is 0 Å². The second-order valence-electron chi connectivity index (χ2n) is 10.2. The molecule has 4 nitrogen and oxygen atoms in total. The Kier molecular flexibility index (Phi) is 4.31. The summed E-state index contributed by atoms with van der Waals surface area (Å²) in [5.74, 6) is 2.40. The Balaban J connectivity index is 1.62. The highest BCUT2D eigenvalue weighted by molar-refractivity contribution is 5.15. The van der Waals surface area contributed by atoms with Gasteiger partial charge in [-0.1, -0.05) is 13.8 Å². The minimum atomic E-state index is -1.14. The lowest BCUT2D eigenvalue weighted by Gasteiger charge is -2.61. The SMILES string of the molecule is CC12CCC(O)CC1CCC1C2CCC2(C)C1CCC2(O)C(O)CO. The summed E-state index contributed by atoms with van der Waals surface area (Å²) in [7, 11) is 0. The molecule has 4 N–H and O–H groups in total. The Morgan fingerprint density at radius 3 is 2.40 bits per heavy atom. The maximum absolute atomic E-state index is 11.3. The van der Waals surface area contributed by atoms with Gasteiger partial charge in [0.05, 0.1) is 18.3 Å². The van der Waals surface area contributed by atoms with Gasteiger partial charge in [-0.05, 0) is 86.9 Å². The van der Waals surface area contributed by atoms with Crippen molar-refractivity contribution in [3.63, 3.8) is 0 Å². The molecule has 0 spiro atoms. The van der Waals surface area contributed by atoms with E-state index in [0.29, 0.717) is 35.5 Å². The lowest BCUT2D eigenvalue weighted by molar-refractivity contribution is -0.196. The summed E-state index contributed by atoms with van der Waals surface area (Å²) in [5, 5.41) is 41.3. The molecule has 4 heteroatoms. The van der Waals surface area contributed by atoms with Crippen LogP contribution in [-0.2, 0) is 0 Å². The van der Waals surface area contributed by atoms with E-state index in [-0.39, 0.29) is 18.1 Å². The molecule has 4 fully saturated rings. The fraction of sp³-hybridized carbons (Fsp3) is 1.00. The molecule has 0 bridgehead atoms. The monoisotopic (exact) mass is 352 g/mol. The van der Waals surface area contributed by atoms with Crippen molar-refractivity contribution in [1.29, 1.82) is 0 Å². The fourth-order valence-corrected chi connectivity index (χ4v) is 7.98. The van der Waals surface area contributed by atoms with Crippen molar-refractivity contribution in [2.45, 2.75) is 89.4 Å². The Morgan fingerprint density at radius 1 is 0.960 bits per heavy atom. The van der Waals surface area contributed by atoms with Crippen LogP contribution in [0, 0.1) is 34.5 Å². The molecule has 0 aromatic rings. The van der Waals surface area contributed by atoms with Crippen LogP contribution < -0.4 is 0 Å². The summed E-state index contributed by atoms with van der Waals surface area (Å²) >= 11 is 0. The molecule has 0 aromatic heterocycles. The lowest BCUT2D eigenvalue weighted by Crippen LogP contribution is -2.60. The van der Waals surface area contributed by atoms with E-state index in [1.54, 1.807) is 0 Å². The van der Waals surface area contributed by atoms with E-state index in [9.17, 15) is 20.4 Å². The van der Waals surface area contributed by atoms with Crippen molar-refractivity contribution >= 4 is 0 Å². The van der Waals surface area contributed by atoms with E-state index < -0.39 is 11.7 Å². The van der Waals surface area contributed by atoms with Gasteiger partial charge in [0.25, 0.3) is 0 Å². The van der Waals surface area contributed by atoms with Crippen LogP contribution in [0.3, 0.4) is 0 Å². The van der Waals surface area contributed by atoms with Crippen LogP contribution in [0.5, 0.6) is 0 Å². The van der Waals surface area contributed by atoms with Gasteiger partial charge in [0, 0.05) is 5.41 Å². The molecule has 0 heterocycles. The highest BCUT2D eigenvalue weighted by Crippen LogP contribution is 2.68. The van der Waals surface area contributed by atoms with Crippen molar-refractivity contribution in [1.82, 2.24) is 0 Å². The highest BCUT2D eigenvalue weighted by atomic mass is 16.4. The van der Waals surface area contributed by atoms with Gasteiger partial charge in [-0.25, -0.2) is 0 Å². The second-order valence-corrected chi connectivity index (χ2v) is 10.2. The van der Waals surface area contributed by atoms with Crippen molar-refractivity contribution in [3.8, 4) is 0 Å². The summed E-state index contributed by atoms with van der Waals surface area (Å²) in [4.78, 5) is 0. The third-order valence-corrected chi connectivity index (χ3v) is 9.58. The Labute approximate surface area is 151 Å². The number of fused-ring (bicyclic) bond motifs is 5. The van der Waals surface area contributed by atoms with Crippen LogP contribution in [0.25, 0.3) is 0 Å². The van der Waals surface area contributed by atoms with Crippen molar-refractivity contribution in [2.24, 2.45) is 34.5 Å². The second kappa shape index (κ2) is 5.92. The molecule has 9 atom stereocenters. The van der Waals surface area contributed by atoms with Crippen molar-refractivity contribution < 1.29 is 20.4 Å². The van der Waals surface area contributed by atoms with Gasteiger partial charge in [-0.3, -0.25) is 0 Å². The first kappa shape index (κ1) is 18.2. The van der Waals surface area contributed by atoms with E-state index in [0.717, 1.165) is 38.5 Å². The van der Waals surface area contributed by atoms with Gasteiger partial charge >= 0.3 is 0 Å². The molecule has 0 aliphatic heterocycles. The van der Waals surface area contributed by atoms with E-state index in [4.69, 9.17) is 0 Å². The van der Waals surface area contributed by atoms with Crippen LogP contribution in [0.2, 0.25) is 0 Å². The van der Waals surface area contributed by atoms with Gasteiger partial charge in [-0.15, -0.1) is 0 Å². The molecular weight excluding hydrogens is 316 g/mol. The van der Waals surface area contributed by atoms with Crippen LogP contribution in [0.1, 0.15) is 71.6 Å². The van der Waals surface area contributed by atoms with Gasteiger partial charge in [0.1, 0.15) is 6.10 Å². The number of rotatable bonds is 2. The van der Waals surface area contributed by atoms with Crippen molar-refractivity contribution in [3.05, 3.63) is 0 Å². The molecule has 4 aliphatic rings. The van der Waals surface area contributed by atoms with Gasteiger partial charge in [-0.2, -0.15) is 0 Å². The van der Waals surface area contributed by atoms with E-state index in [2.05, 4.69) is 13.8 Å². The first-order valence-electron chi connectivity index (χ1n) is 10.5. The third kappa shape index (κ3) is 2.33. The average Bonchev–Trinajstić information content (AvgIpc) is 2.87. The quantitative estimate of drug-likeness (QED) is 0.615. The van der Waals surface area contributed by atoms with Crippen LogP contribution in [-0.4, -0.2) is 44.8 Å². The number of hydrogen-bond donors (Lipinski definition) is 4. The zero-order chi connectivity index (χ0) is 18.0. The average molecular weight is 353 g/mol. The first-order chi connectivity index (χ1) is 11.8. The molecular formula is C21H36O4. The van der Waals surface area contributed by atoms with E-state index in [1.807, 2.05) is 0 Å². The summed E-state index contributed by atoms with van der Waals surface area (Å²) in [6.07, 6.45) is 7.92. The standard InChI is InChI=1S/C21H36O4/c1-19-8-5-14(23)11-13(19)3-4-15-16(19)6-9-20(2)17(15)7-10-21(20,25)18(24)12-22/h13-18,22-25H,3-12H2,1-2H3. The molecule has 4 rings (SSSR count). The number of aliphatic hydroxyl groups is 4. The Morgan fingerprint density at radius 2 is 1.68 bits per heavy atom. The summed E-state index contributed by atoms with van der Waals surface area (Å²) in [5.41, 5.74) is -1.09. The topological polar surface area (TPSA) is 80.9 Å². The fourth-order valence-electron chi connectivity index (χ4n) is 7.98. The van der Waals surface area contributed by atoms with Crippen LogP contribution in [0.4, 0.5) is 0 Å². The summed E-state index contributed by atoms with van der Waals surface area (Å²) in [6, 6.07) is 0. The zero-order valence-corrected chi connectivity index (χ0v) is 15.8. The molecule has 25 heavy (non-hydrogen) atoms. The van der Waals surface area contributed by atoms with Crippen molar-refractivity contribution in [2.75, 3.05) is 6.61 Å². The summed E-state index contributed by atoms with van der Waals surface area (Å²) < 4.78 is 0. The minimum absolute atomic E-state index is 0.111. The number of hydrogen-bond acceptors (Lipinski definition) is 4. The largest absolute Gasteiger partial charge is 0.394 e. The maximum Gasteiger partial charge on any atom is 0.106 e. The van der Waals surface area contributed by atoms with Crippen LogP contribution in [0.15, 0.2) is 0 Å². The smallest absolute Gasteiger partial charge is 0.106 e. The molecule has 0 radical (unpaired) electrons. The Bertz CT molecular complexity index is 524. The first-order valence-corrected chi connectivity index (χ1v) is 10.5. The molecule has 9 unspecified atom stereocenters. The van der Waals surface area contributed by atoms with Gasteiger partial charge < -0.3 is 20.4 Å². The molecule has 4 saturated carbocycles. The molecule has 0 aromatic carbocycles. The maximum atomic E-state index is 11.3. The molecule has 0 saturated heterocycles. The van der Waals surface area contributed by atoms with E-state index >= 15 is 0 Å². The third-order valence-electron chi connectivity index (χ3n) is 9.58. The predicted octanol–water partition coefficient (Wildman–Crippen LogP) is 2.47. The molecule has 4 aliphatic carbocycles. The highest BCUT2D eigenvalue weighted by Gasteiger charge is 2.66. The minimum Gasteiger partial charge on any atom is -0.394 e. The lowest BCUT2D eigenvalue weighted by atomic mass is 9.44. The summed E-state index contributed by atoms with van der Waals surface area (Å²) in [6.45, 7) is 4.27. The predicted molar refractivity (Wildman–Crippen MR) is 95.8 cm³/mol.